The molecule has 7 nitrogen and oxygen atoms in total. The van der Waals surface area contributed by atoms with Crippen LogP contribution in [0.5, 0.6) is 0 Å². The van der Waals surface area contributed by atoms with Crippen LogP contribution in [-0.2, 0) is 10.0 Å². The molecule has 0 bridgehead atoms. The molecule has 1 aromatic rings. The van der Waals surface area contributed by atoms with E-state index in [2.05, 4.69) is 14.9 Å². The minimum atomic E-state index is -3.86. The van der Waals surface area contributed by atoms with Crippen molar-refractivity contribution in [1.82, 2.24) is 14.9 Å². The van der Waals surface area contributed by atoms with E-state index in [0.29, 0.717) is 6.42 Å². The molecule has 0 radical (unpaired) electrons. The zero-order valence-corrected chi connectivity index (χ0v) is 11.3. The average Bonchev–Trinajstić information content (AvgIpc) is 2.63. The van der Waals surface area contributed by atoms with Crippen molar-refractivity contribution in [2.24, 2.45) is 5.41 Å². The van der Waals surface area contributed by atoms with Crippen molar-refractivity contribution < 1.29 is 18.3 Å². The van der Waals surface area contributed by atoms with Gasteiger partial charge in [-0.25, -0.2) is 17.9 Å². The molecule has 0 amide bonds. The Hall–Kier alpha value is -1.41. The smallest absolute Gasteiger partial charge is 0.340 e. The third kappa shape index (κ3) is 3.81. The number of carboxylic acid groups (broad SMARTS) is 1. The van der Waals surface area contributed by atoms with Gasteiger partial charge in [-0.15, -0.1) is 0 Å². The predicted octanol–water partition coefficient (Wildman–Crippen LogP) is 0.822. The molecule has 0 fully saturated rings. The highest BCUT2D eigenvalue weighted by Gasteiger charge is 2.24. The number of sulfonamides is 1. The Morgan fingerprint density at radius 1 is 1.50 bits per heavy atom. The molecule has 0 unspecified atom stereocenters. The highest BCUT2D eigenvalue weighted by molar-refractivity contribution is 7.89. The van der Waals surface area contributed by atoms with Gasteiger partial charge in [0.2, 0.25) is 0 Å². The van der Waals surface area contributed by atoms with Gasteiger partial charge in [-0.3, -0.25) is 5.10 Å². The van der Waals surface area contributed by atoms with Crippen LogP contribution in [0.2, 0.25) is 0 Å². The molecule has 0 saturated carbocycles. The molecule has 0 aliphatic heterocycles. The molecule has 18 heavy (non-hydrogen) atoms. The maximum absolute atomic E-state index is 11.9. The van der Waals surface area contributed by atoms with Crippen molar-refractivity contribution in [3.8, 4) is 0 Å². The maximum atomic E-state index is 11.9. The summed E-state index contributed by atoms with van der Waals surface area (Å²) in [5.74, 6) is -1.33. The van der Waals surface area contributed by atoms with Crippen molar-refractivity contribution in [1.29, 1.82) is 0 Å². The molecule has 1 aromatic heterocycles. The molecule has 1 rings (SSSR count). The number of rotatable bonds is 5. The van der Waals surface area contributed by atoms with Gasteiger partial charge >= 0.3 is 5.97 Å². The Balaban J connectivity index is 2.81. The molecule has 102 valence electrons. The average molecular weight is 275 g/mol. The Bertz CT molecular complexity index is 528. The fraction of sp³-hybridized carbons (Fsp3) is 0.600. The SMILES string of the molecule is CC(C)(C)CCNS(=O)(=O)c1[nH]ncc1C(=O)O. The van der Waals surface area contributed by atoms with Crippen molar-refractivity contribution in [3.05, 3.63) is 11.8 Å². The number of carboxylic acids is 1. The van der Waals surface area contributed by atoms with E-state index in [1.165, 1.54) is 0 Å². The number of hydrogen-bond acceptors (Lipinski definition) is 4. The van der Waals surface area contributed by atoms with Crippen LogP contribution in [0.15, 0.2) is 11.2 Å². The third-order valence-electron chi connectivity index (χ3n) is 2.27. The van der Waals surface area contributed by atoms with Gasteiger partial charge in [-0.05, 0) is 11.8 Å². The molecule has 0 saturated heterocycles. The Labute approximate surface area is 106 Å². The number of H-pyrrole nitrogens is 1. The van der Waals surface area contributed by atoms with Crippen LogP contribution in [0.25, 0.3) is 0 Å². The number of nitrogens with zero attached hydrogens (tertiary/aromatic N) is 1. The van der Waals surface area contributed by atoms with Crippen LogP contribution in [0.3, 0.4) is 0 Å². The Morgan fingerprint density at radius 2 is 2.11 bits per heavy atom. The van der Waals surface area contributed by atoms with E-state index in [1.807, 2.05) is 20.8 Å². The first-order valence-electron chi connectivity index (χ1n) is 5.40. The van der Waals surface area contributed by atoms with E-state index in [9.17, 15) is 13.2 Å². The summed E-state index contributed by atoms with van der Waals surface area (Å²) in [6.07, 6.45) is 1.61. The summed E-state index contributed by atoms with van der Waals surface area (Å²) in [6, 6.07) is 0. The second kappa shape index (κ2) is 5.07. The number of aromatic amines is 1. The monoisotopic (exact) mass is 275 g/mol. The topological polar surface area (TPSA) is 112 Å². The molecule has 0 aliphatic rings. The quantitative estimate of drug-likeness (QED) is 0.736. The lowest BCUT2D eigenvalue weighted by Crippen LogP contribution is -2.28. The predicted molar refractivity (Wildman–Crippen MR) is 64.8 cm³/mol. The number of aromatic nitrogens is 2. The fourth-order valence-corrected chi connectivity index (χ4v) is 2.38. The fourth-order valence-electron chi connectivity index (χ4n) is 1.26. The minimum absolute atomic E-state index is 0.00780. The van der Waals surface area contributed by atoms with Gasteiger partial charge in [0.1, 0.15) is 5.56 Å². The van der Waals surface area contributed by atoms with E-state index < -0.39 is 21.0 Å². The van der Waals surface area contributed by atoms with Crippen LogP contribution < -0.4 is 4.72 Å². The van der Waals surface area contributed by atoms with Crippen LogP contribution >= 0.6 is 0 Å². The molecule has 0 aromatic carbocycles. The van der Waals surface area contributed by atoms with Gasteiger partial charge in [0.15, 0.2) is 5.03 Å². The first-order valence-corrected chi connectivity index (χ1v) is 6.88. The molecular formula is C10H17N3O4S. The molecule has 0 aliphatic carbocycles. The highest BCUT2D eigenvalue weighted by Crippen LogP contribution is 2.18. The molecule has 0 spiro atoms. The summed E-state index contributed by atoms with van der Waals surface area (Å²) in [6.45, 7) is 6.20. The summed E-state index contributed by atoms with van der Waals surface area (Å²) in [5, 5.41) is 14.0. The summed E-state index contributed by atoms with van der Waals surface area (Å²) in [4.78, 5) is 10.8. The first-order chi connectivity index (χ1) is 8.13. The van der Waals surface area contributed by atoms with Gasteiger partial charge in [-0.1, -0.05) is 20.8 Å². The third-order valence-corrected chi connectivity index (χ3v) is 3.70. The van der Waals surface area contributed by atoms with Crippen molar-refractivity contribution in [2.45, 2.75) is 32.2 Å². The number of nitrogens with one attached hydrogen (secondary N) is 2. The maximum Gasteiger partial charge on any atom is 0.340 e. The van der Waals surface area contributed by atoms with Crippen molar-refractivity contribution >= 4 is 16.0 Å². The zero-order chi connectivity index (χ0) is 14.0. The lowest BCUT2D eigenvalue weighted by Gasteiger charge is -2.17. The minimum Gasteiger partial charge on any atom is -0.478 e. The van der Waals surface area contributed by atoms with E-state index >= 15 is 0 Å². The van der Waals surface area contributed by atoms with E-state index in [4.69, 9.17) is 5.11 Å². The lowest BCUT2D eigenvalue weighted by molar-refractivity contribution is 0.0692. The van der Waals surface area contributed by atoms with Gasteiger partial charge < -0.3 is 5.11 Å². The summed E-state index contributed by atoms with van der Waals surface area (Å²) in [5.41, 5.74) is -0.371. The highest BCUT2D eigenvalue weighted by atomic mass is 32.2. The largest absolute Gasteiger partial charge is 0.478 e. The zero-order valence-electron chi connectivity index (χ0n) is 10.5. The lowest BCUT2D eigenvalue weighted by atomic mass is 9.93. The summed E-state index contributed by atoms with van der Waals surface area (Å²) in [7, 11) is -3.86. The molecular weight excluding hydrogens is 258 g/mol. The van der Waals surface area contributed by atoms with Crippen molar-refractivity contribution in [3.63, 3.8) is 0 Å². The Morgan fingerprint density at radius 3 is 2.61 bits per heavy atom. The van der Waals surface area contributed by atoms with Crippen LogP contribution in [0, 0.1) is 5.41 Å². The van der Waals surface area contributed by atoms with Gasteiger partial charge in [0.25, 0.3) is 10.0 Å². The molecule has 8 heteroatoms. The number of hydrogen-bond donors (Lipinski definition) is 3. The molecule has 0 atom stereocenters. The first kappa shape index (κ1) is 14.7. The number of aromatic carboxylic acids is 1. The summed E-state index contributed by atoms with van der Waals surface area (Å²) >= 11 is 0. The normalized spacial score (nSPS) is 12.6. The van der Waals surface area contributed by atoms with Crippen LogP contribution in [0.1, 0.15) is 37.6 Å². The van der Waals surface area contributed by atoms with Crippen LogP contribution in [0.4, 0.5) is 0 Å². The van der Waals surface area contributed by atoms with Crippen LogP contribution in [-0.4, -0.2) is 36.2 Å². The van der Waals surface area contributed by atoms with Crippen molar-refractivity contribution in [2.75, 3.05) is 6.54 Å². The second-order valence-corrected chi connectivity index (χ2v) is 6.83. The van der Waals surface area contributed by atoms with E-state index in [-0.39, 0.29) is 17.5 Å². The van der Waals surface area contributed by atoms with Gasteiger partial charge in [0.05, 0.1) is 6.20 Å². The summed E-state index contributed by atoms with van der Waals surface area (Å²) < 4.78 is 26.1. The van der Waals surface area contributed by atoms with E-state index in [0.717, 1.165) is 6.20 Å². The van der Waals surface area contributed by atoms with E-state index in [1.54, 1.807) is 0 Å². The molecule has 1 heterocycles. The number of carbonyl (C=O) groups is 1. The standard InChI is InChI=1S/C10H17N3O4S/c1-10(2,3)4-5-12-18(16,17)8-7(9(14)15)6-11-13-8/h6,12H,4-5H2,1-3H3,(H,11,13)(H,14,15). The Kier molecular flexibility index (Phi) is 4.12. The van der Waals surface area contributed by atoms with Gasteiger partial charge in [-0.2, -0.15) is 5.10 Å². The second-order valence-electron chi connectivity index (χ2n) is 5.13. The molecule has 3 N–H and O–H groups in total. The van der Waals surface area contributed by atoms with Gasteiger partial charge in [0, 0.05) is 6.54 Å².